The van der Waals surface area contributed by atoms with Gasteiger partial charge in [0.2, 0.25) is 0 Å². The van der Waals surface area contributed by atoms with Crippen LogP contribution in [-0.2, 0) is 10.8 Å². The molecule has 0 spiro atoms. The van der Waals surface area contributed by atoms with Gasteiger partial charge in [-0.2, -0.15) is 0 Å². The lowest BCUT2D eigenvalue weighted by atomic mass is 10.1. The van der Waals surface area contributed by atoms with Crippen molar-refractivity contribution < 1.29 is 9.00 Å². The van der Waals surface area contributed by atoms with E-state index in [-0.39, 0.29) is 0 Å². The number of rotatable bonds is 3. The number of amides is 1. The summed E-state index contributed by atoms with van der Waals surface area (Å²) in [6.07, 6.45) is 0. The normalized spacial score (nSPS) is 15.9. The van der Waals surface area contributed by atoms with Crippen LogP contribution in [0.5, 0.6) is 0 Å². The third-order valence-corrected chi connectivity index (χ3v) is 6.01. The summed E-state index contributed by atoms with van der Waals surface area (Å²) in [6.45, 7) is 1.65. The summed E-state index contributed by atoms with van der Waals surface area (Å²) in [5, 5.41) is 0.449. The summed E-state index contributed by atoms with van der Waals surface area (Å²) in [5.41, 5.74) is 13.6. The zero-order valence-electron chi connectivity index (χ0n) is 12.0. The molecule has 0 radical (unpaired) electrons. The Balaban J connectivity index is 1.81. The van der Waals surface area contributed by atoms with Crippen LogP contribution in [0.4, 0.5) is 10.7 Å². The van der Waals surface area contributed by atoms with E-state index in [2.05, 4.69) is 4.90 Å². The van der Waals surface area contributed by atoms with E-state index in [4.69, 9.17) is 11.5 Å². The molecule has 0 bridgehead atoms. The lowest BCUT2D eigenvalue weighted by molar-refractivity contribution is 0.100. The fourth-order valence-electron chi connectivity index (χ4n) is 2.47. The molecule has 2 heterocycles. The average Bonchev–Trinajstić information content (AvgIpc) is 2.90. The molecular formula is C15H17N3O2S2. The summed E-state index contributed by atoms with van der Waals surface area (Å²) >= 11 is 1.36. The van der Waals surface area contributed by atoms with E-state index in [0.717, 1.165) is 40.7 Å². The molecule has 7 heteroatoms. The van der Waals surface area contributed by atoms with Crippen LogP contribution in [-0.4, -0.2) is 34.7 Å². The number of carbonyl (C=O) groups excluding carboxylic acids is 1. The molecule has 1 aliphatic heterocycles. The van der Waals surface area contributed by atoms with Crippen LogP contribution in [0.25, 0.3) is 10.4 Å². The van der Waals surface area contributed by atoms with Crippen molar-refractivity contribution in [1.82, 2.24) is 0 Å². The molecule has 0 atom stereocenters. The molecule has 0 aliphatic carbocycles. The van der Waals surface area contributed by atoms with Crippen molar-refractivity contribution in [3.05, 3.63) is 35.9 Å². The lowest BCUT2D eigenvalue weighted by Crippen LogP contribution is -2.37. The molecule has 2 aromatic rings. The topological polar surface area (TPSA) is 89.4 Å². The minimum atomic E-state index is -0.671. The molecule has 1 fully saturated rings. The van der Waals surface area contributed by atoms with Crippen LogP contribution < -0.4 is 16.4 Å². The molecule has 116 valence electrons. The molecule has 1 aromatic carbocycles. The van der Waals surface area contributed by atoms with Gasteiger partial charge in [0.1, 0.15) is 0 Å². The number of carbonyl (C=O) groups is 1. The van der Waals surface area contributed by atoms with Gasteiger partial charge < -0.3 is 16.4 Å². The van der Waals surface area contributed by atoms with Crippen molar-refractivity contribution >= 4 is 38.7 Å². The Morgan fingerprint density at radius 3 is 2.36 bits per heavy atom. The lowest BCUT2D eigenvalue weighted by Gasteiger charge is -2.28. The van der Waals surface area contributed by atoms with Gasteiger partial charge in [-0.1, -0.05) is 12.1 Å². The number of primary amides is 1. The Labute approximate surface area is 135 Å². The van der Waals surface area contributed by atoms with E-state index in [9.17, 15) is 9.00 Å². The van der Waals surface area contributed by atoms with E-state index in [1.165, 1.54) is 11.3 Å². The SMILES string of the molecule is NC(=O)c1cc(-c2ccc(N3CCS(=O)CC3)cc2)sc1N. The van der Waals surface area contributed by atoms with E-state index in [0.29, 0.717) is 10.6 Å². The molecule has 22 heavy (non-hydrogen) atoms. The standard InChI is InChI=1S/C15H17N3O2S2/c16-14(19)12-9-13(21-15(12)17)10-1-3-11(4-2-10)18-5-7-22(20)8-6-18/h1-4,9H,5-8,17H2,(H2,16,19). The van der Waals surface area contributed by atoms with Crippen molar-refractivity contribution in [2.45, 2.75) is 0 Å². The zero-order valence-corrected chi connectivity index (χ0v) is 13.6. The third-order valence-electron chi connectivity index (χ3n) is 3.72. The van der Waals surface area contributed by atoms with Crippen molar-refractivity contribution in [3.63, 3.8) is 0 Å². The molecule has 1 aromatic heterocycles. The van der Waals surface area contributed by atoms with Crippen LogP contribution in [0.3, 0.4) is 0 Å². The number of thiophene rings is 1. The highest BCUT2D eigenvalue weighted by molar-refractivity contribution is 7.85. The van der Waals surface area contributed by atoms with Crippen molar-refractivity contribution in [2.75, 3.05) is 35.2 Å². The summed E-state index contributed by atoms with van der Waals surface area (Å²) in [7, 11) is -0.671. The molecule has 1 aliphatic rings. The number of benzene rings is 1. The highest BCUT2D eigenvalue weighted by atomic mass is 32.2. The molecule has 3 rings (SSSR count). The number of nitrogens with two attached hydrogens (primary N) is 2. The first kappa shape index (κ1) is 15.1. The molecule has 1 saturated heterocycles. The quantitative estimate of drug-likeness (QED) is 0.893. The largest absolute Gasteiger partial charge is 0.390 e. The van der Waals surface area contributed by atoms with Gasteiger partial charge in [-0.05, 0) is 23.8 Å². The van der Waals surface area contributed by atoms with E-state index >= 15 is 0 Å². The second-order valence-corrected chi connectivity index (χ2v) is 7.91. The Kier molecular flexibility index (Phi) is 4.17. The Morgan fingerprint density at radius 1 is 1.18 bits per heavy atom. The van der Waals surface area contributed by atoms with Gasteiger partial charge in [-0.3, -0.25) is 9.00 Å². The van der Waals surface area contributed by atoms with Gasteiger partial charge in [0.05, 0.1) is 10.6 Å². The van der Waals surface area contributed by atoms with Crippen LogP contribution >= 0.6 is 11.3 Å². The molecule has 4 N–H and O–H groups in total. The second kappa shape index (κ2) is 6.10. The van der Waals surface area contributed by atoms with Gasteiger partial charge in [-0.25, -0.2) is 0 Å². The molecule has 0 saturated carbocycles. The minimum absolute atomic E-state index is 0.377. The van der Waals surface area contributed by atoms with Crippen LogP contribution in [0.2, 0.25) is 0 Å². The zero-order chi connectivity index (χ0) is 15.7. The Hall–Kier alpha value is -1.86. The minimum Gasteiger partial charge on any atom is -0.390 e. The molecule has 0 unspecified atom stereocenters. The number of nitrogens with zero attached hydrogens (tertiary/aromatic N) is 1. The van der Waals surface area contributed by atoms with Gasteiger partial charge in [0.25, 0.3) is 5.91 Å². The van der Waals surface area contributed by atoms with Crippen molar-refractivity contribution in [2.24, 2.45) is 5.73 Å². The molecular weight excluding hydrogens is 318 g/mol. The van der Waals surface area contributed by atoms with E-state index in [1.54, 1.807) is 6.07 Å². The fourth-order valence-corrected chi connectivity index (χ4v) is 4.46. The summed E-state index contributed by atoms with van der Waals surface area (Å²) in [4.78, 5) is 14.4. The predicted molar refractivity (Wildman–Crippen MR) is 92.8 cm³/mol. The maximum absolute atomic E-state index is 11.4. The van der Waals surface area contributed by atoms with E-state index in [1.807, 2.05) is 24.3 Å². The molecule has 1 amide bonds. The predicted octanol–water partition coefficient (Wildman–Crippen LogP) is 1.66. The summed E-state index contributed by atoms with van der Waals surface area (Å²) in [6, 6.07) is 9.85. The fraction of sp³-hybridized carbons (Fsp3) is 0.267. The summed E-state index contributed by atoms with van der Waals surface area (Å²) in [5.74, 6) is 0.953. The Bertz CT molecular complexity index is 715. The van der Waals surface area contributed by atoms with Crippen molar-refractivity contribution in [3.8, 4) is 10.4 Å². The van der Waals surface area contributed by atoms with Gasteiger partial charge in [-0.15, -0.1) is 11.3 Å². The third kappa shape index (κ3) is 3.00. The van der Waals surface area contributed by atoms with Crippen LogP contribution in [0.15, 0.2) is 30.3 Å². The van der Waals surface area contributed by atoms with Crippen LogP contribution in [0.1, 0.15) is 10.4 Å². The van der Waals surface area contributed by atoms with Gasteiger partial charge in [0.15, 0.2) is 0 Å². The number of nitrogen functional groups attached to an aromatic ring is 1. The smallest absolute Gasteiger partial charge is 0.251 e. The van der Waals surface area contributed by atoms with Gasteiger partial charge in [0, 0.05) is 46.0 Å². The van der Waals surface area contributed by atoms with E-state index < -0.39 is 16.7 Å². The first-order valence-electron chi connectivity index (χ1n) is 6.94. The maximum atomic E-state index is 11.4. The van der Waals surface area contributed by atoms with Gasteiger partial charge >= 0.3 is 0 Å². The number of hydrogen-bond donors (Lipinski definition) is 2. The summed E-state index contributed by atoms with van der Waals surface area (Å²) < 4.78 is 11.4. The molecule has 5 nitrogen and oxygen atoms in total. The second-order valence-electron chi connectivity index (χ2n) is 5.13. The van der Waals surface area contributed by atoms with Crippen LogP contribution in [0, 0.1) is 0 Å². The first-order valence-corrected chi connectivity index (χ1v) is 9.24. The average molecular weight is 335 g/mol. The monoisotopic (exact) mass is 335 g/mol. The Morgan fingerprint density at radius 2 is 1.82 bits per heavy atom. The number of hydrogen-bond acceptors (Lipinski definition) is 5. The number of anilines is 2. The maximum Gasteiger partial charge on any atom is 0.251 e. The van der Waals surface area contributed by atoms with Crippen molar-refractivity contribution in [1.29, 1.82) is 0 Å². The highest BCUT2D eigenvalue weighted by Crippen LogP contribution is 2.34. The first-order chi connectivity index (χ1) is 10.5. The highest BCUT2D eigenvalue weighted by Gasteiger charge is 2.16.